The van der Waals surface area contributed by atoms with Crippen molar-refractivity contribution in [2.24, 2.45) is 11.0 Å². The fourth-order valence-corrected chi connectivity index (χ4v) is 2.34. The number of tetrazole rings is 1. The van der Waals surface area contributed by atoms with Crippen LogP contribution in [-0.4, -0.2) is 32.3 Å². The highest BCUT2D eigenvalue weighted by Crippen LogP contribution is 2.15. The summed E-state index contributed by atoms with van der Waals surface area (Å²) in [5.74, 6) is 0.620. The predicted octanol–water partition coefficient (Wildman–Crippen LogP) is 1.80. The molecule has 1 heterocycles. The third-order valence-corrected chi connectivity index (χ3v) is 3.55. The number of rotatable bonds is 5. The molecule has 2 aromatic rings. The van der Waals surface area contributed by atoms with Gasteiger partial charge in [0.05, 0.1) is 0 Å². The van der Waals surface area contributed by atoms with Crippen molar-refractivity contribution in [3.8, 4) is 11.4 Å². The molecule has 1 aromatic carbocycles. The molecule has 0 radical (unpaired) electrons. The molecular formula is C16H18N6O. The minimum atomic E-state index is -0.274. The van der Waals surface area contributed by atoms with Crippen LogP contribution < -0.4 is 5.43 Å². The predicted molar refractivity (Wildman–Crippen MR) is 86.4 cm³/mol. The maximum absolute atomic E-state index is 11.8. The lowest BCUT2D eigenvalue weighted by Gasteiger charge is -2.11. The lowest BCUT2D eigenvalue weighted by molar-refractivity contribution is -0.122. The lowest BCUT2D eigenvalue weighted by Crippen LogP contribution is -2.25. The zero-order chi connectivity index (χ0) is 15.9. The van der Waals surface area contributed by atoms with Crippen LogP contribution in [0.2, 0.25) is 0 Å². The van der Waals surface area contributed by atoms with Gasteiger partial charge in [-0.25, -0.2) is 5.43 Å². The van der Waals surface area contributed by atoms with Gasteiger partial charge in [0.15, 0.2) is 0 Å². The molecule has 1 aliphatic carbocycles. The molecule has 1 atom stereocenters. The number of hydrazone groups is 1. The van der Waals surface area contributed by atoms with Crippen LogP contribution in [0.25, 0.3) is 11.4 Å². The largest absolute Gasteiger partial charge is 0.271 e. The Kier molecular flexibility index (Phi) is 4.88. The van der Waals surface area contributed by atoms with Gasteiger partial charge >= 0.3 is 0 Å². The van der Waals surface area contributed by atoms with Crippen LogP contribution in [0.5, 0.6) is 0 Å². The first kappa shape index (κ1) is 15.1. The summed E-state index contributed by atoms with van der Waals surface area (Å²) in [6.07, 6.45) is 9.22. The molecule has 0 saturated heterocycles. The molecule has 1 N–H and O–H groups in total. The number of hydrogen-bond acceptors (Lipinski definition) is 5. The highest BCUT2D eigenvalue weighted by Gasteiger charge is 2.09. The Hall–Kier alpha value is -2.83. The van der Waals surface area contributed by atoms with Gasteiger partial charge in [0.25, 0.3) is 5.91 Å². The van der Waals surface area contributed by atoms with E-state index in [1.54, 1.807) is 6.21 Å². The van der Waals surface area contributed by atoms with Crippen LogP contribution in [-0.2, 0) is 11.3 Å². The van der Waals surface area contributed by atoms with Crippen molar-refractivity contribution < 1.29 is 4.79 Å². The topological polar surface area (TPSA) is 85.1 Å². The van der Waals surface area contributed by atoms with Gasteiger partial charge in [-0.3, -0.25) is 4.79 Å². The van der Waals surface area contributed by atoms with Crippen LogP contribution in [0.3, 0.4) is 0 Å². The zero-order valence-electron chi connectivity index (χ0n) is 12.7. The standard InChI is InChI=1S/C16H18N6O/c23-15(18-17-11-13-7-3-1-4-8-13)12-22-20-16(19-21-22)14-9-5-2-6-10-14/h1-3,5-6,9-11,13H,4,7-8,12H2,(H,18,23)/b17-11-/t13-/m0/s1. The fourth-order valence-electron chi connectivity index (χ4n) is 2.34. The summed E-state index contributed by atoms with van der Waals surface area (Å²) in [5.41, 5.74) is 3.37. The Bertz CT molecular complexity index is 706. The van der Waals surface area contributed by atoms with Crippen LogP contribution in [0.15, 0.2) is 47.6 Å². The molecule has 0 aliphatic heterocycles. The smallest absolute Gasteiger partial charge is 0.263 e. The molecule has 1 amide bonds. The quantitative estimate of drug-likeness (QED) is 0.518. The van der Waals surface area contributed by atoms with Gasteiger partial charge in [0.1, 0.15) is 6.54 Å². The van der Waals surface area contributed by atoms with E-state index in [1.165, 1.54) is 4.80 Å². The van der Waals surface area contributed by atoms with E-state index in [2.05, 4.69) is 38.1 Å². The van der Waals surface area contributed by atoms with Crippen LogP contribution >= 0.6 is 0 Å². The number of amides is 1. The molecule has 7 heteroatoms. The van der Waals surface area contributed by atoms with Crippen LogP contribution in [0.4, 0.5) is 0 Å². The number of hydrogen-bond donors (Lipinski definition) is 1. The second kappa shape index (κ2) is 7.44. The van der Waals surface area contributed by atoms with E-state index in [0.717, 1.165) is 24.8 Å². The molecule has 0 fully saturated rings. The van der Waals surface area contributed by atoms with Gasteiger partial charge in [-0.2, -0.15) is 9.90 Å². The maximum Gasteiger partial charge on any atom is 0.263 e. The molecule has 7 nitrogen and oxygen atoms in total. The molecule has 3 rings (SSSR count). The number of benzene rings is 1. The van der Waals surface area contributed by atoms with E-state index in [9.17, 15) is 4.79 Å². The summed E-state index contributed by atoms with van der Waals surface area (Å²) in [7, 11) is 0. The van der Waals surface area contributed by atoms with Crippen molar-refractivity contribution in [1.29, 1.82) is 0 Å². The highest BCUT2D eigenvalue weighted by molar-refractivity contribution is 5.76. The summed E-state index contributed by atoms with van der Waals surface area (Å²) in [4.78, 5) is 13.1. The normalized spacial score (nSPS) is 17.5. The van der Waals surface area contributed by atoms with E-state index >= 15 is 0 Å². The SMILES string of the molecule is O=C(Cn1nnc(-c2ccccc2)n1)N/N=C\[C@H]1CC=CCC1. The minimum absolute atomic E-state index is 0.0122. The number of aromatic nitrogens is 4. The van der Waals surface area contributed by atoms with Crippen molar-refractivity contribution in [2.75, 3.05) is 0 Å². The van der Waals surface area contributed by atoms with Crippen molar-refractivity contribution in [3.63, 3.8) is 0 Å². The molecule has 0 spiro atoms. The first-order chi connectivity index (χ1) is 11.3. The molecule has 0 bridgehead atoms. The van der Waals surface area contributed by atoms with Gasteiger partial charge in [-0.15, -0.1) is 10.2 Å². The van der Waals surface area contributed by atoms with Crippen molar-refractivity contribution in [3.05, 3.63) is 42.5 Å². The molecule has 23 heavy (non-hydrogen) atoms. The molecule has 1 aromatic heterocycles. The summed E-state index contributed by atoms with van der Waals surface area (Å²) in [6.45, 7) is -0.0122. The Balaban J connectivity index is 1.51. The molecule has 118 valence electrons. The summed E-state index contributed by atoms with van der Waals surface area (Å²) in [5, 5.41) is 16.0. The number of nitrogens with one attached hydrogen (secondary N) is 1. The van der Waals surface area contributed by atoms with Crippen molar-refractivity contribution >= 4 is 12.1 Å². The van der Waals surface area contributed by atoms with Gasteiger partial charge < -0.3 is 0 Å². The number of carbonyl (C=O) groups is 1. The molecule has 1 aliphatic rings. The van der Waals surface area contributed by atoms with Gasteiger partial charge in [0, 0.05) is 11.8 Å². The Labute approximate surface area is 134 Å². The minimum Gasteiger partial charge on any atom is -0.271 e. The van der Waals surface area contributed by atoms with E-state index < -0.39 is 0 Å². The van der Waals surface area contributed by atoms with E-state index in [4.69, 9.17) is 0 Å². The Morgan fingerprint density at radius 3 is 3.00 bits per heavy atom. The first-order valence-corrected chi connectivity index (χ1v) is 7.61. The van der Waals surface area contributed by atoms with Crippen LogP contribution in [0, 0.1) is 5.92 Å². The zero-order valence-corrected chi connectivity index (χ0v) is 12.7. The van der Waals surface area contributed by atoms with Crippen molar-refractivity contribution in [2.45, 2.75) is 25.8 Å². The number of carbonyl (C=O) groups excluding carboxylic acids is 1. The molecule has 0 unspecified atom stereocenters. The Morgan fingerprint density at radius 1 is 1.35 bits per heavy atom. The van der Waals surface area contributed by atoms with Gasteiger partial charge in [0.2, 0.25) is 5.82 Å². The van der Waals surface area contributed by atoms with E-state index in [-0.39, 0.29) is 12.5 Å². The Morgan fingerprint density at radius 2 is 2.22 bits per heavy atom. The lowest BCUT2D eigenvalue weighted by atomic mass is 9.96. The maximum atomic E-state index is 11.8. The second-order valence-corrected chi connectivity index (χ2v) is 5.37. The van der Waals surface area contributed by atoms with E-state index in [0.29, 0.717) is 11.7 Å². The first-order valence-electron chi connectivity index (χ1n) is 7.61. The van der Waals surface area contributed by atoms with Crippen molar-refractivity contribution in [1.82, 2.24) is 25.6 Å². The van der Waals surface area contributed by atoms with Crippen LogP contribution in [0.1, 0.15) is 19.3 Å². The number of nitrogens with zero attached hydrogens (tertiary/aromatic N) is 5. The summed E-state index contributed by atoms with van der Waals surface area (Å²) >= 11 is 0. The summed E-state index contributed by atoms with van der Waals surface area (Å²) in [6, 6.07) is 9.51. The number of allylic oxidation sites excluding steroid dienone is 2. The average molecular weight is 310 g/mol. The van der Waals surface area contributed by atoms with Gasteiger partial charge in [-0.05, 0) is 30.4 Å². The second-order valence-electron chi connectivity index (χ2n) is 5.37. The molecular weight excluding hydrogens is 292 g/mol. The van der Waals surface area contributed by atoms with Gasteiger partial charge in [-0.1, -0.05) is 42.5 Å². The molecule has 0 saturated carbocycles. The highest BCUT2D eigenvalue weighted by atomic mass is 16.2. The average Bonchev–Trinajstić information content (AvgIpc) is 3.05. The van der Waals surface area contributed by atoms with E-state index in [1.807, 2.05) is 30.3 Å². The third kappa shape index (κ3) is 4.32. The third-order valence-electron chi connectivity index (χ3n) is 3.55. The summed E-state index contributed by atoms with van der Waals surface area (Å²) < 4.78 is 0. The fraction of sp³-hybridized carbons (Fsp3) is 0.312. The monoisotopic (exact) mass is 310 g/mol.